The minimum Gasteiger partial charge on any atom is -0.492 e. The fraction of sp³-hybridized carbons (Fsp3) is 0.533. The number of benzene rings is 1. The lowest BCUT2D eigenvalue weighted by Gasteiger charge is -2.31. The van der Waals surface area contributed by atoms with Crippen LogP contribution in [-0.4, -0.2) is 44.1 Å². The van der Waals surface area contributed by atoms with Crippen LogP contribution in [0.2, 0.25) is 5.02 Å². The van der Waals surface area contributed by atoms with Crippen molar-refractivity contribution >= 4 is 41.5 Å². The molecule has 0 unspecified atom stereocenters. The van der Waals surface area contributed by atoms with Gasteiger partial charge in [-0.2, -0.15) is 0 Å². The molecule has 0 atom stereocenters. The van der Waals surface area contributed by atoms with Gasteiger partial charge in [0, 0.05) is 25.2 Å². The molecule has 0 amide bonds. The van der Waals surface area contributed by atoms with Crippen LogP contribution in [0.4, 0.5) is 0 Å². The number of hydrogen-bond acceptors (Lipinski definition) is 2. The summed E-state index contributed by atoms with van der Waals surface area (Å²) in [5, 5.41) is 4.15. The number of nitrogens with zero attached hydrogens (tertiary/aromatic N) is 2. The molecular formula is C15H23ClIN3O. The van der Waals surface area contributed by atoms with Gasteiger partial charge in [0.2, 0.25) is 0 Å². The van der Waals surface area contributed by atoms with Crippen molar-refractivity contribution in [2.45, 2.75) is 25.3 Å². The first kappa shape index (κ1) is 18.4. The quantitative estimate of drug-likeness (QED) is 0.448. The van der Waals surface area contributed by atoms with Crippen LogP contribution in [0, 0.1) is 0 Å². The summed E-state index contributed by atoms with van der Waals surface area (Å²) in [6.07, 6.45) is 3.80. The summed E-state index contributed by atoms with van der Waals surface area (Å²) >= 11 is 5.92. The maximum Gasteiger partial charge on any atom is 0.193 e. The van der Waals surface area contributed by atoms with E-state index in [0.29, 0.717) is 17.7 Å². The summed E-state index contributed by atoms with van der Waals surface area (Å²) in [4.78, 5) is 6.39. The van der Waals surface area contributed by atoms with Gasteiger partial charge in [-0.05, 0) is 37.5 Å². The second-order valence-electron chi connectivity index (χ2n) is 5.05. The molecule has 2 rings (SSSR count). The van der Waals surface area contributed by atoms with Gasteiger partial charge < -0.3 is 15.0 Å². The van der Waals surface area contributed by atoms with Gasteiger partial charge in [-0.1, -0.05) is 17.7 Å². The van der Waals surface area contributed by atoms with E-state index >= 15 is 0 Å². The lowest BCUT2D eigenvalue weighted by molar-refractivity contribution is 0.276. The molecule has 0 spiro atoms. The van der Waals surface area contributed by atoms with Crippen LogP contribution in [0.15, 0.2) is 29.3 Å². The van der Waals surface area contributed by atoms with Crippen LogP contribution in [0.1, 0.15) is 19.3 Å². The highest BCUT2D eigenvalue weighted by atomic mass is 127. The van der Waals surface area contributed by atoms with Gasteiger partial charge in [0.15, 0.2) is 5.96 Å². The number of hydrogen-bond donors (Lipinski definition) is 1. The first-order chi connectivity index (χ1) is 9.69. The van der Waals surface area contributed by atoms with Crippen LogP contribution in [0.3, 0.4) is 0 Å². The topological polar surface area (TPSA) is 36.9 Å². The largest absolute Gasteiger partial charge is 0.492 e. The molecule has 1 aromatic carbocycles. The molecule has 4 nitrogen and oxygen atoms in total. The summed E-state index contributed by atoms with van der Waals surface area (Å²) in [7, 11) is 3.84. The van der Waals surface area contributed by atoms with Crippen molar-refractivity contribution in [3.63, 3.8) is 0 Å². The van der Waals surface area contributed by atoms with Crippen LogP contribution in [-0.2, 0) is 0 Å². The van der Waals surface area contributed by atoms with Gasteiger partial charge in [0.05, 0.1) is 6.54 Å². The van der Waals surface area contributed by atoms with Gasteiger partial charge in [-0.15, -0.1) is 24.0 Å². The third kappa shape index (κ3) is 5.90. The van der Waals surface area contributed by atoms with Crippen molar-refractivity contribution in [1.29, 1.82) is 0 Å². The number of halogens is 2. The summed E-state index contributed by atoms with van der Waals surface area (Å²) in [6.45, 7) is 1.38. The summed E-state index contributed by atoms with van der Waals surface area (Å²) in [5.74, 6) is 1.73. The molecule has 1 aliphatic rings. The molecular weight excluding hydrogens is 401 g/mol. The van der Waals surface area contributed by atoms with Crippen LogP contribution in [0.25, 0.3) is 0 Å². The van der Waals surface area contributed by atoms with Crippen LogP contribution in [0.5, 0.6) is 5.75 Å². The maximum atomic E-state index is 5.92. The molecule has 0 saturated heterocycles. The van der Waals surface area contributed by atoms with E-state index in [1.54, 1.807) is 0 Å². The minimum absolute atomic E-state index is 0. The molecule has 21 heavy (non-hydrogen) atoms. The highest BCUT2D eigenvalue weighted by Crippen LogP contribution is 2.18. The van der Waals surface area contributed by atoms with Crippen molar-refractivity contribution in [3.05, 3.63) is 29.3 Å². The standard InChI is InChI=1S/C15H22ClN3O.HI/c1-17-15(18-13-6-4-7-13)19(2)9-10-20-14-8-3-5-12(16)11-14;/h3,5,8,11,13H,4,6-7,9-10H2,1-2H3,(H,17,18);1H. The second-order valence-corrected chi connectivity index (χ2v) is 5.48. The highest BCUT2D eigenvalue weighted by Gasteiger charge is 2.19. The van der Waals surface area contributed by atoms with E-state index in [0.717, 1.165) is 18.3 Å². The first-order valence-corrected chi connectivity index (χ1v) is 7.39. The van der Waals surface area contributed by atoms with E-state index in [1.165, 1.54) is 19.3 Å². The van der Waals surface area contributed by atoms with E-state index in [-0.39, 0.29) is 24.0 Å². The zero-order valence-electron chi connectivity index (χ0n) is 12.5. The van der Waals surface area contributed by atoms with E-state index < -0.39 is 0 Å². The molecule has 0 bridgehead atoms. The molecule has 0 heterocycles. The lowest BCUT2D eigenvalue weighted by Crippen LogP contribution is -2.47. The first-order valence-electron chi connectivity index (χ1n) is 7.02. The molecule has 1 saturated carbocycles. The number of rotatable bonds is 5. The zero-order valence-corrected chi connectivity index (χ0v) is 15.6. The van der Waals surface area contributed by atoms with Crippen LogP contribution < -0.4 is 10.1 Å². The highest BCUT2D eigenvalue weighted by molar-refractivity contribution is 14.0. The number of ether oxygens (including phenoxy) is 1. The SMILES string of the molecule is CN=C(NC1CCC1)N(C)CCOc1cccc(Cl)c1.I. The van der Waals surface area contributed by atoms with Crippen molar-refractivity contribution in [3.8, 4) is 5.75 Å². The molecule has 1 N–H and O–H groups in total. The molecule has 6 heteroatoms. The summed E-state index contributed by atoms with van der Waals surface area (Å²) in [6, 6.07) is 8.05. The number of likely N-dealkylation sites (N-methyl/N-ethyl adjacent to an activating group) is 1. The molecule has 0 aliphatic heterocycles. The average Bonchev–Trinajstić information content (AvgIpc) is 2.37. The fourth-order valence-electron chi connectivity index (χ4n) is 2.04. The van der Waals surface area contributed by atoms with Crippen molar-refractivity contribution < 1.29 is 4.74 Å². The van der Waals surface area contributed by atoms with Gasteiger partial charge in [0.25, 0.3) is 0 Å². The Morgan fingerprint density at radius 2 is 2.24 bits per heavy atom. The minimum atomic E-state index is 0. The fourth-order valence-corrected chi connectivity index (χ4v) is 2.22. The van der Waals surface area contributed by atoms with E-state index in [2.05, 4.69) is 15.2 Å². The maximum absolute atomic E-state index is 5.92. The third-order valence-electron chi connectivity index (χ3n) is 3.50. The van der Waals surface area contributed by atoms with Crippen molar-refractivity contribution in [2.75, 3.05) is 27.2 Å². The summed E-state index contributed by atoms with van der Waals surface area (Å²) < 4.78 is 5.69. The second kappa shape index (κ2) is 9.35. The smallest absolute Gasteiger partial charge is 0.193 e. The Balaban J connectivity index is 0.00000220. The Kier molecular flexibility index (Phi) is 8.18. The summed E-state index contributed by atoms with van der Waals surface area (Å²) in [5.41, 5.74) is 0. The molecule has 0 radical (unpaired) electrons. The number of nitrogens with one attached hydrogen (secondary N) is 1. The van der Waals surface area contributed by atoms with Crippen molar-refractivity contribution in [2.24, 2.45) is 4.99 Å². The number of guanidine groups is 1. The van der Waals surface area contributed by atoms with Gasteiger partial charge >= 0.3 is 0 Å². The Labute approximate surface area is 148 Å². The Bertz CT molecular complexity index is 466. The zero-order chi connectivity index (χ0) is 14.4. The number of aliphatic imine (C=N–C) groups is 1. The molecule has 118 valence electrons. The monoisotopic (exact) mass is 423 g/mol. The molecule has 0 aromatic heterocycles. The van der Waals surface area contributed by atoms with E-state index in [9.17, 15) is 0 Å². The lowest BCUT2D eigenvalue weighted by atomic mass is 9.93. The predicted octanol–water partition coefficient (Wildman–Crippen LogP) is 3.40. The Morgan fingerprint density at radius 1 is 1.48 bits per heavy atom. The molecule has 1 aliphatic carbocycles. The van der Waals surface area contributed by atoms with Gasteiger partial charge in [0.1, 0.15) is 12.4 Å². The predicted molar refractivity (Wildman–Crippen MR) is 99.1 cm³/mol. The van der Waals surface area contributed by atoms with E-state index in [4.69, 9.17) is 16.3 Å². The third-order valence-corrected chi connectivity index (χ3v) is 3.74. The molecule has 1 fully saturated rings. The molecule has 1 aromatic rings. The van der Waals surface area contributed by atoms with Crippen LogP contribution >= 0.6 is 35.6 Å². The van der Waals surface area contributed by atoms with Gasteiger partial charge in [-0.3, -0.25) is 4.99 Å². The van der Waals surface area contributed by atoms with Gasteiger partial charge in [-0.25, -0.2) is 0 Å². The van der Waals surface area contributed by atoms with E-state index in [1.807, 2.05) is 38.4 Å². The normalized spacial score (nSPS) is 14.9. The Morgan fingerprint density at radius 3 is 2.81 bits per heavy atom. The Hall–Kier alpha value is -0.690. The average molecular weight is 424 g/mol. The van der Waals surface area contributed by atoms with Crippen molar-refractivity contribution in [1.82, 2.24) is 10.2 Å².